The Labute approximate surface area is 69.3 Å². The normalized spacial score (nSPS) is 36.6. The summed E-state index contributed by atoms with van der Waals surface area (Å²) in [5, 5.41) is 0. The van der Waals surface area contributed by atoms with Crippen molar-refractivity contribution in [2.45, 2.75) is 20.8 Å². The summed E-state index contributed by atoms with van der Waals surface area (Å²) in [5.41, 5.74) is 1.52. The van der Waals surface area contributed by atoms with E-state index in [2.05, 4.69) is 45.6 Å². The summed E-state index contributed by atoms with van der Waals surface area (Å²) in [5.74, 6) is 0.574. The molecule has 0 spiro atoms. The largest absolute Gasteiger partial charge is 0.102 e. The van der Waals surface area contributed by atoms with Gasteiger partial charge in [0.1, 0.15) is 0 Å². The highest BCUT2D eigenvalue weighted by Gasteiger charge is 2.25. The van der Waals surface area contributed by atoms with E-state index in [1.807, 2.05) is 6.08 Å². The van der Waals surface area contributed by atoms with Crippen LogP contribution < -0.4 is 0 Å². The van der Waals surface area contributed by atoms with Crippen LogP contribution in [0.5, 0.6) is 0 Å². The zero-order chi connectivity index (χ0) is 8.48. The van der Waals surface area contributed by atoms with Gasteiger partial charge in [0.05, 0.1) is 0 Å². The summed E-state index contributed by atoms with van der Waals surface area (Å²) in [7, 11) is 0. The highest BCUT2D eigenvalue weighted by molar-refractivity contribution is 5.29. The van der Waals surface area contributed by atoms with Gasteiger partial charge in [-0.3, -0.25) is 0 Å². The van der Waals surface area contributed by atoms with Crippen LogP contribution in [0.2, 0.25) is 0 Å². The molecule has 0 aromatic rings. The van der Waals surface area contributed by atoms with Crippen LogP contribution in [-0.4, -0.2) is 0 Å². The molecule has 0 amide bonds. The van der Waals surface area contributed by atoms with Crippen LogP contribution in [0.1, 0.15) is 20.8 Å². The molecule has 0 saturated heterocycles. The first-order valence-corrected chi connectivity index (χ1v) is 4.10. The fourth-order valence-corrected chi connectivity index (χ4v) is 1.35. The van der Waals surface area contributed by atoms with Crippen molar-refractivity contribution in [2.75, 3.05) is 0 Å². The molecule has 1 rings (SSSR count). The zero-order valence-electron chi connectivity index (χ0n) is 7.59. The highest BCUT2D eigenvalue weighted by atomic mass is 14.3. The number of rotatable bonds is 1. The van der Waals surface area contributed by atoms with Crippen molar-refractivity contribution in [3.8, 4) is 0 Å². The average Bonchev–Trinajstić information content (AvgIpc) is 1.98. The maximum Gasteiger partial charge on any atom is 0.00935 e. The van der Waals surface area contributed by atoms with Gasteiger partial charge in [0, 0.05) is 5.41 Å². The van der Waals surface area contributed by atoms with Crippen molar-refractivity contribution in [1.82, 2.24) is 0 Å². The van der Waals surface area contributed by atoms with Crippen molar-refractivity contribution in [1.29, 1.82) is 0 Å². The Bertz CT molecular complexity index is 220. The molecule has 1 aliphatic carbocycles. The fourth-order valence-electron chi connectivity index (χ4n) is 1.35. The summed E-state index contributed by atoms with van der Waals surface area (Å²) in [4.78, 5) is 0. The van der Waals surface area contributed by atoms with E-state index >= 15 is 0 Å². The molecule has 0 N–H and O–H groups in total. The molecule has 0 aromatic carbocycles. The Kier molecular flexibility index (Phi) is 2.03. The third kappa shape index (κ3) is 1.45. The molecule has 11 heavy (non-hydrogen) atoms. The lowest BCUT2D eigenvalue weighted by Crippen LogP contribution is -2.20. The van der Waals surface area contributed by atoms with Crippen molar-refractivity contribution in [3.05, 3.63) is 36.5 Å². The minimum Gasteiger partial charge on any atom is -0.102 e. The van der Waals surface area contributed by atoms with E-state index in [1.165, 1.54) is 5.57 Å². The molecule has 2 unspecified atom stereocenters. The third-order valence-electron chi connectivity index (χ3n) is 2.64. The predicted molar refractivity (Wildman–Crippen MR) is 50.4 cm³/mol. The molecular weight excluding hydrogens is 132 g/mol. The van der Waals surface area contributed by atoms with E-state index in [1.54, 1.807) is 0 Å². The van der Waals surface area contributed by atoms with Gasteiger partial charge in [-0.2, -0.15) is 0 Å². The lowest BCUT2D eigenvalue weighted by atomic mass is 9.74. The van der Waals surface area contributed by atoms with E-state index in [0.717, 1.165) is 0 Å². The molecular formula is C11H16. The predicted octanol–water partition coefficient (Wildman–Crippen LogP) is 3.33. The Hall–Kier alpha value is -0.780. The molecule has 0 aliphatic heterocycles. The van der Waals surface area contributed by atoms with E-state index in [0.29, 0.717) is 5.92 Å². The fraction of sp³-hybridized carbons (Fsp3) is 0.455. The second kappa shape index (κ2) is 2.69. The van der Waals surface area contributed by atoms with Crippen molar-refractivity contribution < 1.29 is 0 Å². The summed E-state index contributed by atoms with van der Waals surface area (Å²) in [6, 6.07) is 0. The maximum atomic E-state index is 3.85. The highest BCUT2D eigenvalue weighted by Crippen LogP contribution is 2.35. The van der Waals surface area contributed by atoms with Gasteiger partial charge in [-0.25, -0.2) is 0 Å². The monoisotopic (exact) mass is 148 g/mol. The first-order chi connectivity index (χ1) is 5.08. The second-order valence-electron chi connectivity index (χ2n) is 3.60. The lowest BCUT2D eigenvalue weighted by Gasteiger charge is -2.30. The van der Waals surface area contributed by atoms with Crippen LogP contribution in [0.4, 0.5) is 0 Å². The van der Waals surface area contributed by atoms with Crippen LogP contribution in [0, 0.1) is 11.3 Å². The summed E-state index contributed by atoms with van der Waals surface area (Å²) >= 11 is 0. The molecule has 0 aromatic heterocycles. The maximum absolute atomic E-state index is 3.85. The Morgan fingerprint density at radius 1 is 1.64 bits per heavy atom. The van der Waals surface area contributed by atoms with Crippen LogP contribution in [0.25, 0.3) is 0 Å². The molecule has 1 aliphatic rings. The molecule has 0 fully saturated rings. The standard InChI is InChI=1S/C11H16/c1-5-11(4)7-6-9(2)8-10(11)3/h5-8,10H,1H2,2-4H3. The van der Waals surface area contributed by atoms with Gasteiger partial charge >= 0.3 is 0 Å². The SMILES string of the molecule is C=CC1(C)C=CC(C)=CC1C. The Balaban J connectivity index is 2.92. The van der Waals surface area contributed by atoms with Gasteiger partial charge in [0.15, 0.2) is 0 Å². The smallest absolute Gasteiger partial charge is 0.00935 e. The third-order valence-corrected chi connectivity index (χ3v) is 2.64. The number of hydrogen-bond donors (Lipinski definition) is 0. The van der Waals surface area contributed by atoms with E-state index in [4.69, 9.17) is 0 Å². The van der Waals surface area contributed by atoms with Crippen LogP contribution in [0.3, 0.4) is 0 Å². The average molecular weight is 148 g/mol. The second-order valence-corrected chi connectivity index (χ2v) is 3.60. The molecule has 0 nitrogen and oxygen atoms in total. The minimum absolute atomic E-state index is 0.166. The summed E-state index contributed by atoms with van der Waals surface area (Å²) in [6.07, 6.45) is 8.72. The van der Waals surface area contributed by atoms with Gasteiger partial charge in [0.25, 0.3) is 0 Å². The molecule has 0 saturated carbocycles. The molecule has 0 heterocycles. The van der Waals surface area contributed by atoms with Gasteiger partial charge in [-0.1, -0.05) is 43.7 Å². The van der Waals surface area contributed by atoms with Crippen molar-refractivity contribution >= 4 is 0 Å². The van der Waals surface area contributed by atoms with Crippen LogP contribution in [0.15, 0.2) is 36.5 Å². The van der Waals surface area contributed by atoms with Crippen LogP contribution in [-0.2, 0) is 0 Å². The van der Waals surface area contributed by atoms with Crippen LogP contribution >= 0.6 is 0 Å². The summed E-state index contributed by atoms with van der Waals surface area (Å²) in [6.45, 7) is 10.4. The van der Waals surface area contributed by atoms with Gasteiger partial charge in [-0.15, -0.1) is 6.58 Å². The number of hydrogen-bond acceptors (Lipinski definition) is 0. The van der Waals surface area contributed by atoms with Gasteiger partial charge in [-0.05, 0) is 12.8 Å². The molecule has 60 valence electrons. The van der Waals surface area contributed by atoms with E-state index in [-0.39, 0.29) is 5.41 Å². The van der Waals surface area contributed by atoms with Gasteiger partial charge < -0.3 is 0 Å². The zero-order valence-corrected chi connectivity index (χ0v) is 7.59. The quantitative estimate of drug-likeness (QED) is 0.500. The first-order valence-electron chi connectivity index (χ1n) is 4.10. The molecule has 0 bridgehead atoms. The van der Waals surface area contributed by atoms with E-state index in [9.17, 15) is 0 Å². The molecule has 2 atom stereocenters. The number of allylic oxidation sites excluding steroid dienone is 5. The lowest BCUT2D eigenvalue weighted by molar-refractivity contribution is 0.417. The minimum atomic E-state index is 0.166. The van der Waals surface area contributed by atoms with Crippen molar-refractivity contribution in [3.63, 3.8) is 0 Å². The Morgan fingerprint density at radius 3 is 2.73 bits per heavy atom. The van der Waals surface area contributed by atoms with Crippen molar-refractivity contribution in [2.24, 2.45) is 11.3 Å². The first kappa shape index (κ1) is 8.32. The van der Waals surface area contributed by atoms with Gasteiger partial charge in [0.2, 0.25) is 0 Å². The Morgan fingerprint density at radius 2 is 2.27 bits per heavy atom. The molecule has 0 heteroatoms. The van der Waals surface area contributed by atoms with E-state index < -0.39 is 0 Å². The summed E-state index contributed by atoms with van der Waals surface area (Å²) < 4.78 is 0. The molecule has 0 radical (unpaired) electrons. The topological polar surface area (TPSA) is 0 Å².